The van der Waals surface area contributed by atoms with Crippen LogP contribution in [-0.2, 0) is 27.3 Å². The number of methoxy groups -OCH3 is 3. The first-order valence-electron chi connectivity index (χ1n) is 8.66. The molecule has 0 aliphatic carbocycles. The van der Waals surface area contributed by atoms with E-state index in [1.807, 2.05) is 0 Å². The summed E-state index contributed by atoms with van der Waals surface area (Å²) >= 11 is 0. The lowest BCUT2D eigenvalue weighted by atomic mass is 10.1. The van der Waals surface area contributed by atoms with E-state index in [9.17, 15) is 19.7 Å². The molecule has 2 rings (SSSR count). The fourth-order valence-corrected chi connectivity index (χ4v) is 2.74. The lowest BCUT2D eigenvalue weighted by molar-refractivity contribution is -0.385. The van der Waals surface area contributed by atoms with E-state index in [0.29, 0.717) is 17.1 Å². The van der Waals surface area contributed by atoms with Gasteiger partial charge in [0, 0.05) is 24.2 Å². The average Bonchev–Trinajstić information content (AvgIpc) is 2.72. The number of nitrogens with zero attached hydrogens (tertiary/aromatic N) is 2. The third-order valence-electron chi connectivity index (χ3n) is 4.21. The minimum atomic E-state index is -0.601. The summed E-state index contributed by atoms with van der Waals surface area (Å²) in [5.74, 6) is 0.00860. The molecule has 0 aromatic heterocycles. The normalized spacial score (nSPS) is 10.2. The Labute approximate surface area is 167 Å². The Bertz CT molecular complexity index is 876. The van der Waals surface area contributed by atoms with E-state index in [0.717, 1.165) is 0 Å². The lowest BCUT2D eigenvalue weighted by Crippen LogP contribution is -2.36. The SMILES string of the molecule is COC(=O)CN(Cc1cc(OC)cc(OC)c1)C(=O)Cc1ccccc1[N+](=O)[O-]. The molecule has 0 spiro atoms. The minimum absolute atomic E-state index is 0.0716. The summed E-state index contributed by atoms with van der Waals surface area (Å²) in [6, 6.07) is 11.1. The zero-order chi connectivity index (χ0) is 21.4. The maximum Gasteiger partial charge on any atom is 0.325 e. The summed E-state index contributed by atoms with van der Waals surface area (Å²) in [7, 11) is 4.23. The van der Waals surface area contributed by atoms with Gasteiger partial charge >= 0.3 is 5.97 Å². The van der Waals surface area contributed by atoms with Crippen LogP contribution in [0.3, 0.4) is 0 Å². The second-order valence-corrected chi connectivity index (χ2v) is 6.11. The molecular weight excluding hydrogens is 380 g/mol. The summed E-state index contributed by atoms with van der Waals surface area (Å²) in [5, 5.41) is 11.2. The van der Waals surface area contributed by atoms with Gasteiger partial charge in [-0.25, -0.2) is 0 Å². The van der Waals surface area contributed by atoms with Crippen molar-refractivity contribution in [2.75, 3.05) is 27.9 Å². The van der Waals surface area contributed by atoms with E-state index < -0.39 is 16.8 Å². The second kappa shape index (κ2) is 10.1. The van der Waals surface area contributed by atoms with Crippen molar-refractivity contribution in [1.82, 2.24) is 4.90 Å². The van der Waals surface area contributed by atoms with Crippen LogP contribution in [0, 0.1) is 10.1 Å². The number of hydrogen-bond donors (Lipinski definition) is 0. The van der Waals surface area contributed by atoms with Crippen LogP contribution in [0.1, 0.15) is 11.1 Å². The largest absolute Gasteiger partial charge is 0.497 e. The highest BCUT2D eigenvalue weighted by Gasteiger charge is 2.22. The van der Waals surface area contributed by atoms with E-state index in [2.05, 4.69) is 4.74 Å². The predicted molar refractivity (Wildman–Crippen MR) is 104 cm³/mol. The number of ether oxygens (including phenoxy) is 3. The molecule has 0 heterocycles. The molecule has 9 nitrogen and oxygen atoms in total. The Morgan fingerprint density at radius 2 is 1.66 bits per heavy atom. The quantitative estimate of drug-likeness (QED) is 0.360. The number of rotatable bonds is 9. The van der Waals surface area contributed by atoms with Gasteiger partial charge in [0.15, 0.2) is 0 Å². The fraction of sp³-hybridized carbons (Fsp3) is 0.300. The first kappa shape index (κ1) is 21.7. The van der Waals surface area contributed by atoms with E-state index in [1.165, 1.54) is 44.4 Å². The van der Waals surface area contributed by atoms with Crippen LogP contribution in [0.25, 0.3) is 0 Å². The number of carbonyl (C=O) groups is 2. The Morgan fingerprint density at radius 3 is 2.21 bits per heavy atom. The number of hydrogen-bond acceptors (Lipinski definition) is 7. The summed E-state index contributed by atoms with van der Waals surface area (Å²) in [5.41, 5.74) is 0.781. The van der Waals surface area contributed by atoms with E-state index >= 15 is 0 Å². The van der Waals surface area contributed by atoms with Gasteiger partial charge in [-0.3, -0.25) is 19.7 Å². The maximum atomic E-state index is 12.9. The molecule has 2 aromatic rings. The number of amides is 1. The van der Waals surface area contributed by atoms with Crippen LogP contribution in [0.4, 0.5) is 5.69 Å². The molecule has 0 radical (unpaired) electrons. The van der Waals surface area contributed by atoms with E-state index in [4.69, 9.17) is 9.47 Å². The number of nitro groups is 1. The van der Waals surface area contributed by atoms with Gasteiger partial charge in [-0.05, 0) is 17.7 Å². The molecule has 2 aromatic carbocycles. The number of esters is 1. The zero-order valence-electron chi connectivity index (χ0n) is 16.4. The standard InChI is InChI=1S/C20H22N2O7/c1-27-16-8-14(9-17(11-16)28-2)12-21(13-20(24)29-3)19(23)10-15-6-4-5-7-18(15)22(25)26/h4-9,11H,10,12-13H2,1-3H3. The molecule has 0 aliphatic rings. The van der Waals surface area contributed by atoms with Gasteiger partial charge in [-0.1, -0.05) is 18.2 Å². The molecule has 1 amide bonds. The van der Waals surface area contributed by atoms with Gasteiger partial charge in [-0.2, -0.15) is 0 Å². The Kier molecular flexibility index (Phi) is 7.53. The van der Waals surface area contributed by atoms with Crippen LogP contribution >= 0.6 is 0 Å². The molecule has 0 N–H and O–H groups in total. The number of benzene rings is 2. The highest BCUT2D eigenvalue weighted by atomic mass is 16.6. The molecule has 0 atom stereocenters. The smallest absolute Gasteiger partial charge is 0.325 e. The van der Waals surface area contributed by atoms with Gasteiger partial charge in [0.05, 0.1) is 32.7 Å². The number of carbonyl (C=O) groups excluding carboxylic acids is 2. The molecule has 0 bridgehead atoms. The summed E-state index contributed by atoms with van der Waals surface area (Å²) in [4.78, 5) is 36.6. The highest BCUT2D eigenvalue weighted by Crippen LogP contribution is 2.24. The monoisotopic (exact) mass is 402 g/mol. The third-order valence-corrected chi connectivity index (χ3v) is 4.21. The van der Waals surface area contributed by atoms with E-state index in [-0.39, 0.29) is 30.8 Å². The van der Waals surface area contributed by atoms with Crippen LogP contribution in [0.15, 0.2) is 42.5 Å². The van der Waals surface area contributed by atoms with Crippen LogP contribution in [-0.4, -0.2) is 49.6 Å². The van der Waals surface area contributed by atoms with Crippen molar-refractivity contribution in [3.8, 4) is 11.5 Å². The van der Waals surface area contributed by atoms with Crippen molar-refractivity contribution >= 4 is 17.6 Å². The lowest BCUT2D eigenvalue weighted by Gasteiger charge is -2.22. The van der Waals surface area contributed by atoms with Crippen LogP contribution in [0.2, 0.25) is 0 Å². The molecule has 0 unspecified atom stereocenters. The molecule has 9 heteroatoms. The van der Waals surface area contributed by atoms with Gasteiger partial charge in [0.2, 0.25) is 5.91 Å². The van der Waals surface area contributed by atoms with Gasteiger partial charge in [-0.15, -0.1) is 0 Å². The molecule has 0 aliphatic heterocycles. The molecule has 0 saturated carbocycles. The van der Waals surface area contributed by atoms with Crippen molar-refractivity contribution in [1.29, 1.82) is 0 Å². The topological polar surface area (TPSA) is 108 Å². The number of nitro benzene ring substituents is 1. The van der Waals surface area contributed by atoms with Crippen LogP contribution < -0.4 is 9.47 Å². The van der Waals surface area contributed by atoms with Gasteiger partial charge in [0.25, 0.3) is 5.69 Å². The third kappa shape index (κ3) is 5.93. The summed E-state index contributed by atoms with van der Waals surface area (Å²) in [6.07, 6.45) is -0.227. The van der Waals surface area contributed by atoms with Crippen molar-refractivity contribution in [3.05, 3.63) is 63.7 Å². The second-order valence-electron chi connectivity index (χ2n) is 6.11. The molecular formula is C20H22N2O7. The molecule has 29 heavy (non-hydrogen) atoms. The van der Waals surface area contributed by atoms with Crippen molar-refractivity contribution in [3.63, 3.8) is 0 Å². The first-order chi connectivity index (χ1) is 13.9. The molecule has 0 fully saturated rings. The average molecular weight is 402 g/mol. The zero-order valence-corrected chi connectivity index (χ0v) is 16.4. The van der Waals surface area contributed by atoms with Crippen molar-refractivity contribution < 1.29 is 28.7 Å². The van der Waals surface area contributed by atoms with Crippen molar-refractivity contribution in [2.24, 2.45) is 0 Å². The Balaban J connectivity index is 2.30. The van der Waals surface area contributed by atoms with E-state index in [1.54, 1.807) is 24.3 Å². The summed E-state index contributed by atoms with van der Waals surface area (Å²) < 4.78 is 15.1. The van der Waals surface area contributed by atoms with Crippen molar-refractivity contribution in [2.45, 2.75) is 13.0 Å². The maximum absolute atomic E-state index is 12.9. The number of para-hydroxylation sites is 1. The minimum Gasteiger partial charge on any atom is -0.497 e. The Morgan fingerprint density at radius 1 is 1.03 bits per heavy atom. The van der Waals surface area contributed by atoms with Gasteiger partial charge < -0.3 is 19.1 Å². The summed E-state index contributed by atoms with van der Waals surface area (Å²) in [6.45, 7) is -0.225. The fourth-order valence-electron chi connectivity index (χ4n) is 2.74. The molecule has 154 valence electrons. The predicted octanol–water partition coefficient (Wildman–Crippen LogP) is 2.36. The van der Waals surface area contributed by atoms with Gasteiger partial charge in [0.1, 0.15) is 18.0 Å². The van der Waals surface area contributed by atoms with Crippen LogP contribution in [0.5, 0.6) is 11.5 Å². The Hall–Kier alpha value is -3.62. The highest BCUT2D eigenvalue weighted by molar-refractivity contribution is 5.84. The molecule has 0 saturated heterocycles. The first-order valence-corrected chi connectivity index (χ1v) is 8.66.